The summed E-state index contributed by atoms with van der Waals surface area (Å²) in [4.78, 5) is 20.3. The van der Waals surface area contributed by atoms with E-state index >= 15 is 0 Å². The number of aryl methyl sites for hydroxylation is 2. The lowest BCUT2D eigenvalue weighted by Gasteiger charge is -2.19. The number of halogens is 3. The summed E-state index contributed by atoms with van der Waals surface area (Å²) in [5, 5.41) is 11.2. The molecular weight excluding hydrogens is 417 g/mol. The van der Waals surface area contributed by atoms with E-state index in [1.54, 1.807) is 18.9 Å². The van der Waals surface area contributed by atoms with Crippen LogP contribution in [0.1, 0.15) is 28.3 Å². The molecule has 0 amide bonds. The number of rotatable bonds is 3. The smallest absolute Gasteiger partial charge is 0.475 e. The van der Waals surface area contributed by atoms with Crippen LogP contribution in [0, 0.1) is 13.8 Å². The zero-order chi connectivity index (χ0) is 22.6. The van der Waals surface area contributed by atoms with Crippen molar-refractivity contribution in [2.75, 3.05) is 13.1 Å². The molecule has 0 spiro atoms. The highest BCUT2D eigenvalue weighted by atomic mass is 19.4. The normalized spacial score (nSPS) is 14.4. The molecule has 1 N–H and O–H groups in total. The zero-order valence-corrected chi connectivity index (χ0v) is 16.9. The first-order chi connectivity index (χ1) is 14.7. The van der Waals surface area contributed by atoms with E-state index in [1.807, 2.05) is 19.9 Å². The number of alkyl halides is 3. The highest BCUT2D eigenvalue weighted by Crippen LogP contribution is 2.27. The SMILES string of the molecule is Cc1noc(C)c1CN1CCc2ncnc(-c3ccoc3)c2CC1.O=C(O)C(F)(F)F. The lowest BCUT2D eigenvalue weighted by molar-refractivity contribution is -0.192. The lowest BCUT2D eigenvalue weighted by atomic mass is 10.0. The molecule has 8 nitrogen and oxygen atoms in total. The fraction of sp³-hybridized carbons (Fsp3) is 0.400. The molecule has 31 heavy (non-hydrogen) atoms. The van der Waals surface area contributed by atoms with Crippen molar-refractivity contribution in [1.29, 1.82) is 0 Å². The van der Waals surface area contributed by atoms with Gasteiger partial charge < -0.3 is 14.0 Å². The van der Waals surface area contributed by atoms with E-state index in [0.29, 0.717) is 0 Å². The number of nitrogens with zero attached hydrogens (tertiary/aromatic N) is 4. The predicted octanol–water partition coefficient (Wildman–Crippen LogP) is 3.58. The Hall–Kier alpha value is -3.21. The largest absolute Gasteiger partial charge is 0.490 e. The summed E-state index contributed by atoms with van der Waals surface area (Å²) in [6.45, 7) is 6.78. The minimum Gasteiger partial charge on any atom is -0.475 e. The van der Waals surface area contributed by atoms with E-state index in [4.69, 9.17) is 18.8 Å². The Morgan fingerprint density at radius 1 is 1.23 bits per heavy atom. The predicted molar refractivity (Wildman–Crippen MR) is 102 cm³/mol. The molecule has 0 aromatic carbocycles. The van der Waals surface area contributed by atoms with E-state index < -0.39 is 12.1 Å². The quantitative estimate of drug-likeness (QED) is 0.662. The molecule has 0 radical (unpaired) electrons. The molecule has 0 unspecified atom stereocenters. The van der Waals surface area contributed by atoms with Crippen LogP contribution in [0.3, 0.4) is 0 Å². The van der Waals surface area contributed by atoms with Gasteiger partial charge in [-0.25, -0.2) is 14.8 Å². The number of carboxylic acids is 1. The molecule has 4 rings (SSSR count). The molecule has 4 heterocycles. The second-order valence-corrected chi connectivity index (χ2v) is 7.04. The van der Waals surface area contributed by atoms with Gasteiger partial charge in [0.15, 0.2) is 0 Å². The second kappa shape index (κ2) is 9.29. The summed E-state index contributed by atoms with van der Waals surface area (Å²) in [7, 11) is 0. The lowest BCUT2D eigenvalue weighted by Crippen LogP contribution is -2.26. The van der Waals surface area contributed by atoms with Crippen LogP contribution in [-0.2, 0) is 24.2 Å². The molecule has 166 valence electrons. The van der Waals surface area contributed by atoms with E-state index in [9.17, 15) is 13.2 Å². The van der Waals surface area contributed by atoms with Crippen LogP contribution in [0.25, 0.3) is 11.3 Å². The van der Waals surface area contributed by atoms with Gasteiger partial charge in [0.2, 0.25) is 0 Å². The molecule has 0 fully saturated rings. The third kappa shape index (κ3) is 5.48. The molecule has 3 aromatic rings. The Bertz CT molecular complexity index is 1010. The highest BCUT2D eigenvalue weighted by Gasteiger charge is 2.38. The van der Waals surface area contributed by atoms with Crippen LogP contribution in [0.4, 0.5) is 13.2 Å². The topological polar surface area (TPSA) is 105 Å². The Morgan fingerprint density at radius 3 is 2.52 bits per heavy atom. The molecule has 0 saturated carbocycles. The van der Waals surface area contributed by atoms with E-state index in [-0.39, 0.29) is 0 Å². The molecule has 0 bridgehead atoms. The number of fused-ring (bicyclic) bond motifs is 1. The maximum Gasteiger partial charge on any atom is 0.490 e. The number of carboxylic acid groups (broad SMARTS) is 1. The van der Waals surface area contributed by atoms with Crippen molar-refractivity contribution < 1.29 is 32.0 Å². The molecule has 1 aliphatic rings. The van der Waals surface area contributed by atoms with Gasteiger partial charge in [0.05, 0.1) is 23.9 Å². The molecule has 0 atom stereocenters. The number of aromatic nitrogens is 3. The second-order valence-electron chi connectivity index (χ2n) is 7.04. The maximum absolute atomic E-state index is 10.6. The molecule has 1 aliphatic heterocycles. The number of carbonyl (C=O) groups is 1. The van der Waals surface area contributed by atoms with E-state index in [2.05, 4.69) is 20.0 Å². The van der Waals surface area contributed by atoms with Gasteiger partial charge in [0.25, 0.3) is 0 Å². The van der Waals surface area contributed by atoms with Crippen LogP contribution in [0.2, 0.25) is 0 Å². The van der Waals surface area contributed by atoms with Crippen molar-refractivity contribution in [2.45, 2.75) is 39.4 Å². The Labute approximate surface area is 175 Å². The fourth-order valence-corrected chi connectivity index (χ4v) is 3.33. The first kappa shape index (κ1) is 22.5. The third-order valence-electron chi connectivity index (χ3n) is 4.98. The van der Waals surface area contributed by atoms with Crippen LogP contribution in [-0.4, -0.2) is 50.4 Å². The molecule has 0 saturated heterocycles. The number of hydrogen-bond donors (Lipinski definition) is 1. The van der Waals surface area contributed by atoms with E-state index in [1.165, 1.54) is 11.1 Å². The molecule has 3 aromatic heterocycles. The van der Waals surface area contributed by atoms with Crippen molar-refractivity contribution >= 4 is 5.97 Å². The van der Waals surface area contributed by atoms with Crippen molar-refractivity contribution in [3.63, 3.8) is 0 Å². The monoisotopic (exact) mass is 438 g/mol. The van der Waals surface area contributed by atoms with Crippen molar-refractivity contribution in [3.05, 3.63) is 53.2 Å². The van der Waals surface area contributed by atoms with Gasteiger partial charge in [-0.15, -0.1) is 0 Å². The minimum atomic E-state index is -5.08. The minimum absolute atomic E-state index is 0.865. The number of aliphatic carboxylic acids is 1. The van der Waals surface area contributed by atoms with Crippen molar-refractivity contribution in [1.82, 2.24) is 20.0 Å². The van der Waals surface area contributed by atoms with Gasteiger partial charge in [-0.05, 0) is 26.3 Å². The van der Waals surface area contributed by atoms with Crippen LogP contribution >= 0.6 is 0 Å². The van der Waals surface area contributed by atoms with Crippen LogP contribution in [0.15, 0.2) is 33.9 Å². The summed E-state index contributed by atoms with van der Waals surface area (Å²) in [5.41, 5.74) is 6.57. The average Bonchev–Trinajstić information content (AvgIpc) is 3.29. The molecule has 11 heteroatoms. The molecule has 0 aliphatic carbocycles. The summed E-state index contributed by atoms with van der Waals surface area (Å²) in [6.07, 6.45) is 1.86. The average molecular weight is 438 g/mol. The van der Waals surface area contributed by atoms with Crippen LogP contribution < -0.4 is 0 Å². The van der Waals surface area contributed by atoms with Gasteiger partial charge in [0, 0.05) is 48.4 Å². The van der Waals surface area contributed by atoms with Gasteiger partial charge in [-0.2, -0.15) is 13.2 Å². The van der Waals surface area contributed by atoms with Gasteiger partial charge in [-0.3, -0.25) is 4.90 Å². The number of furan rings is 1. The Morgan fingerprint density at radius 2 is 1.94 bits per heavy atom. The summed E-state index contributed by atoms with van der Waals surface area (Å²) < 4.78 is 42.2. The van der Waals surface area contributed by atoms with Crippen molar-refractivity contribution in [3.8, 4) is 11.3 Å². The summed E-state index contributed by atoms with van der Waals surface area (Å²) >= 11 is 0. The van der Waals surface area contributed by atoms with E-state index in [0.717, 1.165) is 60.9 Å². The van der Waals surface area contributed by atoms with Gasteiger partial charge >= 0.3 is 12.1 Å². The Kier molecular flexibility index (Phi) is 6.74. The van der Waals surface area contributed by atoms with Crippen molar-refractivity contribution in [2.24, 2.45) is 0 Å². The fourth-order valence-electron chi connectivity index (χ4n) is 3.33. The van der Waals surface area contributed by atoms with Crippen LogP contribution in [0.5, 0.6) is 0 Å². The third-order valence-corrected chi connectivity index (χ3v) is 4.98. The van der Waals surface area contributed by atoms with Gasteiger partial charge in [-0.1, -0.05) is 5.16 Å². The number of hydrogen-bond acceptors (Lipinski definition) is 7. The Balaban J connectivity index is 0.000000339. The first-order valence-corrected chi connectivity index (χ1v) is 9.46. The summed E-state index contributed by atoms with van der Waals surface area (Å²) in [5.74, 6) is -1.85. The first-order valence-electron chi connectivity index (χ1n) is 9.46. The maximum atomic E-state index is 10.6. The van der Waals surface area contributed by atoms with Gasteiger partial charge in [0.1, 0.15) is 12.1 Å². The zero-order valence-electron chi connectivity index (χ0n) is 16.9. The standard InChI is InChI=1S/C18H20N4O2.C2HF3O2/c1-12-16(13(2)24-21-12)9-22-6-3-15-17(4-7-22)19-11-20-18(15)14-5-8-23-10-14;3-2(4,5)1(6)7/h5,8,10-11H,3-4,6-7,9H2,1-2H3;(H,6,7). The molecular formula is C20H21F3N4O4. The highest BCUT2D eigenvalue weighted by molar-refractivity contribution is 5.73. The summed E-state index contributed by atoms with van der Waals surface area (Å²) in [6, 6.07) is 1.95.